The smallest absolute Gasteiger partial charge is 0.462 e. The first-order valence-corrected chi connectivity index (χ1v) is 22.7. The Morgan fingerprint density at radius 2 is 0.945 bits per heavy atom. The van der Waals surface area contributed by atoms with Crippen molar-refractivity contribution < 1.29 is 47.8 Å². The van der Waals surface area contributed by atoms with Gasteiger partial charge in [0, 0.05) is 12.8 Å². The molecular weight excluding hydrogens is 719 g/mol. The summed E-state index contributed by atoms with van der Waals surface area (Å²) in [5.41, 5.74) is 0. The highest BCUT2D eigenvalue weighted by Gasteiger charge is 2.27. The molecule has 0 aromatic rings. The number of unbranched alkanes of at least 4 members (excludes halogenated alkanes) is 15. The lowest BCUT2D eigenvalue weighted by Gasteiger charge is -2.20. The number of rotatable bonds is 39. The Morgan fingerprint density at radius 1 is 0.545 bits per heavy atom. The topological polar surface area (TPSA) is 149 Å². The quantitative estimate of drug-likeness (QED) is 0.0237. The lowest BCUT2D eigenvalue weighted by molar-refractivity contribution is -0.161. The number of phosphoric ester groups is 1. The van der Waals surface area contributed by atoms with E-state index in [1.54, 1.807) is 0 Å². The molecule has 1 unspecified atom stereocenters. The number of aliphatic hydroxyl groups is 2. The number of ether oxygens (including phenoxy) is 2. The van der Waals surface area contributed by atoms with Gasteiger partial charge in [0.05, 0.1) is 19.8 Å². The van der Waals surface area contributed by atoms with Crippen LogP contribution in [0.5, 0.6) is 0 Å². The van der Waals surface area contributed by atoms with E-state index in [2.05, 4.69) is 79.1 Å². The Kier molecular flexibility index (Phi) is 38.2. The summed E-state index contributed by atoms with van der Waals surface area (Å²) >= 11 is 0. The zero-order chi connectivity index (χ0) is 40.5. The minimum Gasteiger partial charge on any atom is -0.462 e. The summed E-state index contributed by atoms with van der Waals surface area (Å²) in [5.74, 6) is -0.983. The third-order valence-electron chi connectivity index (χ3n) is 8.64. The number of hydrogen-bond acceptors (Lipinski definition) is 9. The standard InChI is InChI=1S/C44H77O10P/c1-3-5-7-9-11-13-15-17-19-20-22-24-26-28-30-32-34-36-44(48)54-42(40-53-55(49,50)52-38-41(46)37-45)39-51-43(47)35-33-31-29-27-25-23-21-18-16-14-12-10-8-6-4-2/h11-14,17-19,21,25,27,41-42,45-46H,3-10,15-16,20,22-24,26,28-40H2,1-2H3,(H,49,50)/b13-11-,14-12-,19-17-,21-18-,27-25-/t41-,42+/m0/s1. The van der Waals surface area contributed by atoms with Crippen LogP contribution in [0.1, 0.15) is 168 Å². The van der Waals surface area contributed by atoms with Crippen LogP contribution in [-0.2, 0) is 32.7 Å². The molecule has 0 spiro atoms. The summed E-state index contributed by atoms with van der Waals surface area (Å²) < 4.78 is 32.6. The van der Waals surface area contributed by atoms with E-state index in [4.69, 9.17) is 19.1 Å². The van der Waals surface area contributed by atoms with Gasteiger partial charge in [-0.3, -0.25) is 18.6 Å². The van der Waals surface area contributed by atoms with E-state index in [9.17, 15) is 24.2 Å². The van der Waals surface area contributed by atoms with Crippen LogP contribution in [0, 0.1) is 0 Å². The first kappa shape index (κ1) is 52.7. The monoisotopic (exact) mass is 797 g/mol. The molecule has 0 aliphatic rings. The van der Waals surface area contributed by atoms with Gasteiger partial charge < -0.3 is 24.6 Å². The lowest BCUT2D eigenvalue weighted by Crippen LogP contribution is -2.29. The molecule has 3 N–H and O–H groups in total. The fourth-order valence-electron chi connectivity index (χ4n) is 5.32. The second kappa shape index (κ2) is 39.9. The molecule has 0 amide bonds. The number of phosphoric acid groups is 1. The predicted octanol–water partition coefficient (Wildman–Crippen LogP) is 11.1. The summed E-state index contributed by atoms with van der Waals surface area (Å²) in [5, 5.41) is 18.3. The Bertz CT molecular complexity index is 1100. The fourth-order valence-corrected chi connectivity index (χ4v) is 6.11. The molecule has 11 heteroatoms. The van der Waals surface area contributed by atoms with Crippen LogP contribution in [0.15, 0.2) is 60.8 Å². The van der Waals surface area contributed by atoms with Crippen molar-refractivity contribution in [3.05, 3.63) is 60.8 Å². The molecule has 0 saturated heterocycles. The molecule has 0 aliphatic carbocycles. The van der Waals surface area contributed by atoms with Gasteiger partial charge in [0.15, 0.2) is 6.10 Å². The molecular formula is C44H77O10P. The predicted molar refractivity (Wildman–Crippen MR) is 224 cm³/mol. The van der Waals surface area contributed by atoms with E-state index in [1.165, 1.54) is 57.8 Å². The molecule has 10 nitrogen and oxygen atoms in total. The maximum atomic E-state index is 12.6. The maximum Gasteiger partial charge on any atom is 0.472 e. The summed E-state index contributed by atoms with van der Waals surface area (Å²) in [6.45, 7) is 2.26. The third-order valence-corrected chi connectivity index (χ3v) is 9.60. The molecule has 0 aliphatic heterocycles. The average Bonchev–Trinajstić information content (AvgIpc) is 3.17. The highest BCUT2D eigenvalue weighted by Crippen LogP contribution is 2.43. The van der Waals surface area contributed by atoms with E-state index in [-0.39, 0.29) is 19.4 Å². The number of hydrogen-bond donors (Lipinski definition) is 3. The Balaban J connectivity index is 4.39. The molecule has 0 fully saturated rings. The van der Waals surface area contributed by atoms with E-state index < -0.39 is 51.8 Å². The van der Waals surface area contributed by atoms with E-state index in [0.29, 0.717) is 12.8 Å². The second-order valence-corrected chi connectivity index (χ2v) is 15.5. The Morgan fingerprint density at radius 3 is 1.45 bits per heavy atom. The largest absolute Gasteiger partial charge is 0.472 e. The van der Waals surface area contributed by atoms with E-state index in [0.717, 1.165) is 70.6 Å². The van der Waals surface area contributed by atoms with Crippen molar-refractivity contribution >= 4 is 19.8 Å². The highest BCUT2D eigenvalue weighted by atomic mass is 31.2. The first-order chi connectivity index (χ1) is 26.7. The van der Waals surface area contributed by atoms with Crippen molar-refractivity contribution in [1.29, 1.82) is 0 Å². The number of carbonyl (C=O) groups excluding carboxylic acids is 2. The average molecular weight is 797 g/mol. The Hall–Kier alpha value is -2.33. The minimum atomic E-state index is -4.63. The summed E-state index contributed by atoms with van der Waals surface area (Å²) in [7, 11) is -4.63. The highest BCUT2D eigenvalue weighted by molar-refractivity contribution is 7.47. The normalized spacial score (nSPS) is 14.5. The van der Waals surface area contributed by atoms with Gasteiger partial charge in [0.25, 0.3) is 0 Å². The van der Waals surface area contributed by atoms with Crippen LogP contribution in [0.25, 0.3) is 0 Å². The molecule has 318 valence electrons. The van der Waals surface area contributed by atoms with Gasteiger partial charge in [0.1, 0.15) is 12.7 Å². The molecule has 0 radical (unpaired) electrons. The van der Waals surface area contributed by atoms with Gasteiger partial charge in [-0.25, -0.2) is 4.57 Å². The van der Waals surface area contributed by atoms with Crippen LogP contribution in [-0.4, -0.2) is 65.7 Å². The van der Waals surface area contributed by atoms with Crippen molar-refractivity contribution in [1.82, 2.24) is 0 Å². The molecule has 3 atom stereocenters. The van der Waals surface area contributed by atoms with Crippen molar-refractivity contribution in [2.24, 2.45) is 0 Å². The third kappa shape index (κ3) is 39.7. The van der Waals surface area contributed by atoms with Gasteiger partial charge in [-0.15, -0.1) is 0 Å². The number of carbonyl (C=O) groups is 2. The number of aliphatic hydroxyl groups excluding tert-OH is 2. The molecule has 55 heavy (non-hydrogen) atoms. The van der Waals surface area contributed by atoms with Gasteiger partial charge in [-0.05, 0) is 83.5 Å². The summed E-state index contributed by atoms with van der Waals surface area (Å²) in [6.07, 6.45) is 43.3. The van der Waals surface area contributed by atoms with Gasteiger partial charge in [0.2, 0.25) is 0 Å². The van der Waals surface area contributed by atoms with E-state index in [1.807, 2.05) is 0 Å². The van der Waals surface area contributed by atoms with Crippen molar-refractivity contribution in [3.8, 4) is 0 Å². The number of esters is 2. The van der Waals surface area contributed by atoms with Gasteiger partial charge in [-0.1, -0.05) is 132 Å². The van der Waals surface area contributed by atoms with Crippen LogP contribution < -0.4 is 0 Å². The second-order valence-electron chi connectivity index (χ2n) is 14.0. The van der Waals surface area contributed by atoms with Crippen molar-refractivity contribution in [2.75, 3.05) is 26.4 Å². The minimum absolute atomic E-state index is 0.164. The first-order valence-electron chi connectivity index (χ1n) is 21.2. The fraction of sp³-hybridized carbons (Fsp3) is 0.727. The maximum absolute atomic E-state index is 12.6. The van der Waals surface area contributed by atoms with E-state index >= 15 is 0 Å². The summed E-state index contributed by atoms with van der Waals surface area (Å²) in [6, 6.07) is 0. The molecule has 0 aromatic heterocycles. The molecule has 0 rings (SSSR count). The van der Waals surface area contributed by atoms with Crippen LogP contribution in [0.3, 0.4) is 0 Å². The molecule has 0 saturated carbocycles. The van der Waals surface area contributed by atoms with Crippen LogP contribution in [0.4, 0.5) is 0 Å². The van der Waals surface area contributed by atoms with Crippen LogP contribution in [0.2, 0.25) is 0 Å². The zero-order valence-electron chi connectivity index (χ0n) is 34.4. The molecule has 0 heterocycles. The zero-order valence-corrected chi connectivity index (χ0v) is 35.3. The lowest BCUT2D eigenvalue weighted by atomic mass is 10.1. The summed E-state index contributed by atoms with van der Waals surface area (Å²) in [4.78, 5) is 34.9. The molecule has 0 bridgehead atoms. The van der Waals surface area contributed by atoms with Gasteiger partial charge in [-0.2, -0.15) is 0 Å². The molecule has 0 aromatic carbocycles. The van der Waals surface area contributed by atoms with Gasteiger partial charge >= 0.3 is 19.8 Å². The SMILES string of the molecule is CCCCC/C=C\C/C=C\C/C=C\CCCCC(=O)OC[C@H](COP(=O)(O)OC[C@@H](O)CO)OC(=O)CCCCCCCCC/C=C\C/C=C\CCCCC. The van der Waals surface area contributed by atoms with Crippen molar-refractivity contribution in [3.63, 3.8) is 0 Å². The Labute approximate surface area is 334 Å². The number of allylic oxidation sites excluding steroid dienone is 10. The van der Waals surface area contributed by atoms with Crippen LogP contribution >= 0.6 is 7.82 Å². The van der Waals surface area contributed by atoms with Crippen molar-refractivity contribution in [2.45, 2.75) is 180 Å².